The van der Waals surface area contributed by atoms with E-state index >= 15 is 0 Å². The van der Waals surface area contributed by atoms with Gasteiger partial charge in [-0.15, -0.1) is 0 Å². The Balaban J connectivity index is 1.06. The smallest absolute Gasteiger partial charge is 0.143 e. The predicted octanol–water partition coefficient (Wildman–Crippen LogP) is 16.9. The van der Waals surface area contributed by atoms with Gasteiger partial charge in [0.05, 0.1) is 22.4 Å². The quantitative estimate of drug-likeness (QED) is 0.167. The lowest BCUT2D eigenvalue weighted by Gasteiger charge is -2.29. The van der Waals surface area contributed by atoms with Crippen molar-refractivity contribution in [2.45, 2.75) is 19.3 Å². The normalized spacial score (nSPS) is 13.0. The Kier molecular flexibility index (Phi) is 7.95. The average molecular weight is 819 g/mol. The molecule has 302 valence electrons. The van der Waals surface area contributed by atoms with Gasteiger partial charge in [-0.05, 0) is 105 Å². The topological polar surface area (TPSA) is 21.3 Å². The second-order valence-electron chi connectivity index (χ2n) is 17.6. The number of furan rings is 1. The Labute approximate surface area is 371 Å². The first kappa shape index (κ1) is 36.5. The fourth-order valence-electron chi connectivity index (χ4n) is 10.9. The van der Waals surface area contributed by atoms with Crippen molar-refractivity contribution >= 4 is 71.6 Å². The first-order valence-corrected chi connectivity index (χ1v) is 22.2. The van der Waals surface area contributed by atoms with Crippen LogP contribution in [0.3, 0.4) is 0 Å². The van der Waals surface area contributed by atoms with Crippen LogP contribution in [0.15, 0.2) is 223 Å². The molecule has 3 nitrogen and oxygen atoms in total. The molecule has 10 aromatic carbocycles. The maximum Gasteiger partial charge on any atom is 0.143 e. The Morgan fingerprint density at radius 2 is 1.06 bits per heavy atom. The lowest BCUT2D eigenvalue weighted by Crippen LogP contribution is -2.15. The highest BCUT2D eigenvalue weighted by Gasteiger charge is 2.37. The summed E-state index contributed by atoms with van der Waals surface area (Å²) in [6, 6.07) is 79.6. The van der Waals surface area contributed by atoms with E-state index in [9.17, 15) is 0 Å². The van der Waals surface area contributed by atoms with Crippen LogP contribution in [0.5, 0.6) is 0 Å². The second-order valence-corrected chi connectivity index (χ2v) is 17.6. The molecular weight excluding hydrogens is 777 g/mol. The molecule has 64 heavy (non-hydrogen) atoms. The van der Waals surface area contributed by atoms with Crippen molar-refractivity contribution in [3.8, 4) is 39.1 Å². The van der Waals surface area contributed by atoms with Gasteiger partial charge in [0.15, 0.2) is 0 Å². The van der Waals surface area contributed by atoms with Crippen molar-refractivity contribution in [2.75, 3.05) is 4.90 Å². The molecule has 2 heterocycles. The lowest BCUT2D eigenvalue weighted by molar-refractivity contribution is 0.660. The van der Waals surface area contributed by atoms with E-state index in [0.717, 1.165) is 66.7 Å². The van der Waals surface area contributed by atoms with Crippen molar-refractivity contribution in [2.24, 2.45) is 0 Å². The fourth-order valence-corrected chi connectivity index (χ4v) is 10.9. The minimum Gasteiger partial charge on any atom is -0.455 e. The average Bonchev–Trinajstić information content (AvgIpc) is 3.99. The van der Waals surface area contributed by atoms with Gasteiger partial charge < -0.3 is 13.9 Å². The van der Waals surface area contributed by atoms with E-state index in [1.807, 2.05) is 0 Å². The van der Waals surface area contributed by atoms with E-state index in [4.69, 9.17) is 4.42 Å². The molecule has 0 unspecified atom stereocenters. The van der Waals surface area contributed by atoms with Gasteiger partial charge in [-0.2, -0.15) is 0 Å². The number of rotatable bonds is 6. The summed E-state index contributed by atoms with van der Waals surface area (Å²) in [5.41, 5.74) is 18.5. The highest BCUT2D eigenvalue weighted by atomic mass is 16.3. The number of para-hydroxylation sites is 3. The van der Waals surface area contributed by atoms with Gasteiger partial charge in [0, 0.05) is 49.3 Å². The zero-order chi connectivity index (χ0) is 42.5. The van der Waals surface area contributed by atoms with E-state index in [1.165, 1.54) is 55.1 Å². The highest BCUT2D eigenvalue weighted by molar-refractivity contribution is 6.20. The molecule has 0 spiro atoms. The van der Waals surface area contributed by atoms with Gasteiger partial charge in [-0.25, -0.2) is 0 Å². The first-order valence-electron chi connectivity index (χ1n) is 22.2. The summed E-state index contributed by atoms with van der Waals surface area (Å²) >= 11 is 0. The van der Waals surface area contributed by atoms with Gasteiger partial charge in [0.2, 0.25) is 0 Å². The fraction of sp³-hybridized carbons (Fsp3) is 0.0492. The lowest BCUT2D eigenvalue weighted by atomic mass is 9.82. The van der Waals surface area contributed by atoms with Crippen LogP contribution in [0.4, 0.5) is 17.1 Å². The van der Waals surface area contributed by atoms with Crippen molar-refractivity contribution in [1.29, 1.82) is 0 Å². The standard InChI is InChI=1S/C61H42N2O/c1-61(2)50-26-11-8-22-47(50)57-46(25-14-27-51(57)61)45-21-9-12-28-52(45)63(55-31-16-30-54-59(55)48-23-10-13-29-53(48)62(54)41-18-4-3-5-19-41)42-36-33-40(34-37-42)43-24-15-32-56-58(43)49-38-35-39-17-6-7-20-44(39)60(49)64-56/h3-38H,1-2H3. The number of aromatic nitrogens is 1. The molecule has 0 saturated carbocycles. The summed E-state index contributed by atoms with van der Waals surface area (Å²) in [6.45, 7) is 4.72. The van der Waals surface area contributed by atoms with Crippen molar-refractivity contribution in [3.05, 3.63) is 230 Å². The summed E-state index contributed by atoms with van der Waals surface area (Å²) < 4.78 is 9.03. The second kappa shape index (κ2) is 13.9. The molecule has 0 amide bonds. The molecule has 0 aliphatic heterocycles. The van der Waals surface area contributed by atoms with E-state index in [1.54, 1.807) is 0 Å². The van der Waals surface area contributed by atoms with Crippen molar-refractivity contribution in [1.82, 2.24) is 4.57 Å². The van der Waals surface area contributed by atoms with Crippen LogP contribution >= 0.6 is 0 Å². The van der Waals surface area contributed by atoms with E-state index < -0.39 is 0 Å². The van der Waals surface area contributed by atoms with E-state index in [2.05, 4.69) is 242 Å². The van der Waals surface area contributed by atoms with Crippen LogP contribution in [0.1, 0.15) is 25.0 Å². The van der Waals surface area contributed by atoms with E-state index in [-0.39, 0.29) is 5.41 Å². The Morgan fingerprint density at radius 3 is 1.94 bits per heavy atom. The number of fused-ring (bicyclic) bond motifs is 11. The zero-order valence-corrected chi connectivity index (χ0v) is 35.6. The first-order chi connectivity index (χ1) is 31.5. The maximum absolute atomic E-state index is 6.63. The van der Waals surface area contributed by atoms with Gasteiger partial charge >= 0.3 is 0 Å². The van der Waals surface area contributed by atoms with Gasteiger partial charge in [0.25, 0.3) is 0 Å². The zero-order valence-electron chi connectivity index (χ0n) is 35.6. The Morgan fingerprint density at radius 1 is 0.422 bits per heavy atom. The van der Waals surface area contributed by atoms with E-state index in [0.29, 0.717) is 0 Å². The third-order valence-electron chi connectivity index (χ3n) is 13.8. The minimum atomic E-state index is -0.118. The number of hydrogen-bond donors (Lipinski definition) is 0. The van der Waals surface area contributed by atoms with Crippen LogP contribution in [-0.2, 0) is 5.41 Å². The van der Waals surface area contributed by atoms with Crippen molar-refractivity contribution in [3.63, 3.8) is 0 Å². The molecule has 0 fully saturated rings. The maximum atomic E-state index is 6.63. The SMILES string of the molecule is CC1(C)c2ccccc2-c2c(-c3ccccc3N(c3ccc(-c4cccc5oc6c7ccccc7ccc6c45)cc3)c3cccc4c3c3ccccc3n4-c3ccccc3)cccc21. The van der Waals surface area contributed by atoms with Gasteiger partial charge in [0.1, 0.15) is 11.2 Å². The molecule has 3 heteroatoms. The Hall–Kier alpha value is -8.14. The van der Waals surface area contributed by atoms with Crippen LogP contribution in [0, 0.1) is 0 Å². The minimum absolute atomic E-state index is 0.118. The molecule has 0 radical (unpaired) electrons. The van der Waals surface area contributed by atoms with Crippen LogP contribution in [-0.4, -0.2) is 4.57 Å². The molecule has 0 atom stereocenters. The highest BCUT2D eigenvalue weighted by Crippen LogP contribution is 2.54. The molecule has 1 aliphatic carbocycles. The summed E-state index contributed by atoms with van der Waals surface area (Å²) in [6.07, 6.45) is 0. The molecule has 13 rings (SSSR count). The van der Waals surface area contributed by atoms with Crippen LogP contribution < -0.4 is 4.90 Å². The number of hydrogen-bond acceptors (Lipinski definition) is 2. The molecule has 12 aromatic rings. The third-order valence-corrected chi connectivity index (χ3v) is 13.8. The summed E-state index contributed by atoms with van der Waals surface area (Å²) in [7, 11) is 0. The summed E-state index contributed by atoms with van der Waals surface area (Å²) in [4.78, 5) is 2.49. The van der Waals surface area contributed by atoms with Crippen LogP contribution in [0.2, 0.25) is 0 Å². The molecule has 2 aromatic heterocycles. The summed E-state index contributed by atoms with van der Waals surface area (Å²) in [5.74, 6) is 0. The molecular formula is C61H42N2O. The van der Waals surface area contributed by atoms with Crippen molar-refractivity contribution < 1.29 is 4.42 Å². The molecule has 0 saturated heterocycles. The van der Waals surface area contributed by atoms with Gasteiger partial charge in [-0.1, -0.05) is 172 Å². The largest absolute Gasteiger partial charge is 0.455 e. The molecule has 1 aliphatic rings. The van der Waals surface area contributed by atoms with Gasteiger partial charge in [-0.3, -0.25) is 0 Å². The number of nitrogens with zero attached hydrogens (tertiary/aromatic N) is 2. The monoisotopic (exact) mass is 818 g/mol. The predicted molar refractivity (Wildman–Crippen MR) is 269 cm³/mol. The third kappa shape index (κ3) is 5.28. The molecule has 0 N–H and O–H groups in total. The molecule has 0 bridgehead atoms. The Bertz CT molecular complexity index is 3810. The number of benzene rings is 10. The summed E-state index contributed by atoms with van der Waals surface area (Å²) in [5, 5.41) is 6.98. The van der Waals surface area contributed by atoms with Crippen LogP contribution in [0.25, 0.3) is 93.6 Å². The number of anilines is 3.